The lowest BCUT2D eigenvalue weighted by atomic mass is 10.1. The summed E-state index contributed by atoms with van der Waals surface area (Å²) in [6.45, 7) is 5.93. The minimum absolute atomic E-state index is 0.0546. The highest BCUT2D eigenvalue weighted by Crippen LogP contribution is 2.10. The van der Waals surface area contributed by atoms with Crippen molar-refractivity contribution in [2.75, 3.05) is 6.54 Å². The van der Waals surface area contributed by atoms with Crippen LogP contribution in [0.15, 0.2) is 30.3 Å². The quantitative estimate of drug-likeness (QED) is 0.744. The maximum atomic E-state index is 11.6. The third kappa shape index (κ3) is 5.84. The lowest BCUT2D eigenvalue weighted by Gasteiger charge is -2.15. The third-order valence-electron chi connectivity index (χ3n) is 3.11. The lowest BCUT2D eigenvalue weighted by Crippen LogP contribution is -2.46. The minimum atomic E-state index is -0.446. The van der Waals surface area contributed by atoms with E-state index in [9.17, 15) is 9.59 Å². The molecule has 0 saturated carbocycles. The zero-order valence-corrected chi connectivity index (χ0v) is 12.3. The molecule has 0 aromatic heterocycles. The average Bonchev–Trinajstić information content (AvgIpc) is 2.45. The molecule has 0 aliphatic carbocycles. The molecule has 3 amide bonds. The third-order valence-corrected chi connectivity index (χ3v) is 3.11. The van der Waals surface area contributed by atoms with E-state index >= 15 is 0 Å². The molecule has 0 saturated heterocycles. The number of imide groups is 1. The first-order chi connectivity index (χ1) is 9.52. The van der Waals surface area contributed by atoms with Gasteiger partial charge in [0.2, 0.25) is 5.91 Å². The number of nitrogens with one attached hydrogen (secondary N) is 3. The first-order valence-electron chi connectivity index (χ1n) is 6.91. The predicted molar refractivity (Wildman–Crippen MR) is 79.3 cm³/mol. The summed E-state index contributed by atoms with van der Waals surface area (Å²) in [5, 5.41) is 8.06. The second-order valence-corrected chi connectivity index (χ2v) is 4.84. The molecule has 5 nitrogen and oxygen atoms in total. The van der Waals surface area contributed by atoms with Gasteiger partial charge >= 0.3 is 6.03 Å². The van der Waals surface area contributed by atoms with Crippen molar-refractivity contribution in [3.05, 3.63) is 35.9 Å². The summed E-state index contributed by atoms with van der Waals surface area (Å²) in [4.78, 5) is 23.1. The fourth-order valence-corrected chi connectivity index (χ4v) is 1.64. The van der Waals surface area contributed by atoms with Crippen LogP contribution in [0, 0.1) is 0 Å². The van der Waals surface area contributed by atoms with Gasteiger partial charge in [0.05, 0.1) is 6.54 Å². The molecule has 0 heterocycles. The van der Waals surface area contributed by atoms with Crippen molar-refractivity contribution in [1.29, 1.82) is 0 Å². The number of hydrogen-bond donors (Lipinski definition) is 3. The Morgan fingerprint density at radius 1 is 1.15 bits per heavy atom. The fourth-order valence-electron chi connectivity index (χ4n) is 1.64. The van der Waals surface area contributed by atoms with Gasteiger partial charge < -0.3 is 10.6 Å². The van der Waals surface area contributed by atoms with E-state index in [0.29, 0.717) is 0 Å². The average molecular weight is 277 g/mol. The fraction of sp³-hybridized carbons (Fsp3) is 0.467. The number of rotatable bonds is 6. The molecular weight excluding hydrogens is 254 g/mol. The van der Waals surface area contributed by atoms with Crippen LogP contribution < -0.4 is 16.0 Å². The molecule has 5 heteroatoms. The molecule has 0 unspecified atom stereocenters. The van der Waals surface area contributed by atoms with Crippen LogP contribution in [0.25, 0.3) is 0 Å². The Kier molecular flexibility index (Phi) is 6.73. The molecule has 2 atom stereocenters. The molecule has 0 spiro atoms. The maximum Gasteiger partial charge on any atom is 0.321 e. The van der Waals surface area contributed by atoms with Gasteiger partial charge in [-0.3, -0.25) is 10.1 Å². The molecule has 0 fully saturated rings. The van der Waals surface area contributed by atoms with Gasteiger partial charge in [0.1, 0.15) is 0 Å². The number of hydrogen-bond acceptors (Lipinski definition) is 3. The standard InChI is InChI=1S/C15H23N3O2/c1-4-11(2)17-15(20)18-14(19)10-16-12(3)13-8-6-5-7-9-13/h5-9,11-12,16H,4,10H2,1-3H3,(H2,17,18,19,20)/t11-,12+/m0/s1. The van der Waals surface area contributed by atoms with E-state index < -0.39 is 6.03 Å². The first kappa shape index (κ1) is 16.2. The van der Waals surface area contributed by atoms with Crippen LogP contribution >= 0.6 is 0 Å². The van der Waals surface area contributed by atoms with Gasteiger partial charge in [-0.05, 0) is 25.8 Å². The molecule has 0 aliphatic rings. The lowest BCUT2D eigenvalue weighted by molar-refractivity contribution is -0.119. The molecular formula is C15H23N3O2. The Balaban J connectivity index is 2.31. The van der Waals surface area contributed by atoms with Crippen LogP contribution in [0.2, 0.25) is 0 Å². The Bertz CT molecular complexity index is 434. The number of benzene rings is 1. The van der Waals surface area contributed by atoms with Crippen LogP contribution in [-0.4, -0.2) is 24.5 Å². The van der Waals surface area contributed by atoms with E-state index in [1.807, 2.05) is 51.1 Å². The van der Waals surface area contributed by atoms with E-state index in [-0.39, 0.29) is 24.5 Å². The van der Waals surface area contributed by atoms with Gasteiger partial charge in [0.15, 0.2) is 0 Å². The predicted octanol–water partition coefficient (Wildman–Crippen LogP) is 1.96. The summed E-state index contributed by atoms with van der Waals surface area (Å²) >= 11 is 0. The highest BCUT2D eigenvalue weighted by Gasteiger charge is 2.11. The van der Waals surface area contributed by atoms with Crippen molar-refractivity contribution in [1.82, 2.24) is 16.0 Å². The van der Waals surface area contributed by atoms with E-state index in [0.717, 1.165) is 12.0 Å². The molecule has 1 aromatic carbocycles. The Morgan fingerprint density at radius 3 is 2.40 bits per heavy atom. The van der Waals surface area contributed by atoms with Gasteiger partial charge in [-0.25, -0.2) is 4.79 Å². The summed E-state index contributed by atoms with van der Waals surface area (Å²) < 4.78 is 0. The molecule has 0 bridgehead atoms. The van der Waals surface area contributed by atoms with Crippen LogP contribution in [0.5, 0.6) is 0 Å². The van der Waals surface area contributed by atoms with Gasteiger partial charge in [-0.15, -0.1) is 0 Å². The van der Waals surface area contributed by atoms with Crippen LogP contribution in [0.1, 0.15) is 38.8 Å². The highest BCUT2D eigenvalue weighted by molar-refractivity contribution is 5.95. The zero-order valence-electron chi connectivity index (χ0n) is 12.3. The molecule has 3 N–H and O–H groups in total. The number of urea groups is 1. The van der Waals surface area contributed by atoms with Gasteiger partial charge in [-0.1, -0.05) is 37.3 Å². The number of amides is 3. The van der Waals surface area contributed by atoms with E-state index in [2.05, 4.69) is 16.0 Å². The van der Waals surface area contributed by atoms with Gasteiger partial charge in [-0.2, -0.15) is 0 Å². The molecule has 0 aliphatic heterocycles. The van der Waals surface area contributed by atoms with Gasteiger partial charge in [0.25, 0.3) is 0 Å². The normalized spacial score (nSPS) is 13.3. The topological polar surface area (TPSA) is 70.2 Å². The molecule has 20 heavy (non-hydrogen) atoms. The van der Waals surface area contributed by atoms with Crippen LogP contribution in [0.3, 0.4) is 0 Å². The Labute approximate surface area is 120 Å². The molecule has 1 aromatic rings. The van der Waals surface area contributed by atoms with E-state index in [1.165, 1.54) is 0 Å². The summed E-state index contributed by atoms with van der Waals surface area (Å²) in [5.41, 5.74) is 1.10. The van der Waals surface area contributed by atoms with Crippen LogP contribution in [0.4, 0.5) is 4.79 Å². The van der Waals surface area contributed by atoms with Crippen molar-refractivity contribution in [2.45, 2.75) is 39.3 Å². The second-order valence-electron chi connectivity index (χ2n) is 4.84. The first-order valence-corrected chi connectivity index (χ1v) is 6.91. The summed E-state index contributed by atoms with van der Waals surface area (Å²) in [6, 6.07) is 9.50. The highest BCUT2D eigenvalue weighted by atomic mass is 16.2. The molecule has 0 radical (unpaired) electrons. The van der Waals surface area contributed by atoms with E-state index in [4.69, 9.17) is 0 Å². The SMILES string of the molecule is CC[C@H](C)NC(=O)NC(=O)CN[C@H](C)c1ccccc1. The number of carbonyl (C=O) groups is 2. The zero-order chi connectivity index (χ0) is 15.0. The van der Waals surface area contributed by atoms with E-state index in [1.54, 1.807) is 0 Å². The smallest absolute Gasteiger partial charge is 0.321 e. The largest absolute Gasteiger partial charge is 0.335 e. The Hall–Kier alpha value is -1.88. The Morgan fingerprint density at radius 2 is 1.80 bits per heavy atom. The van der Waals surface area contributed by atoms with Crippen LogP contribution in [-0.2, 0) is 4.79 Å². The van der Waals surface area contributed by atoms with Crippen molar-refractivity contribution in [2.24, 2.45) is 0 Å². The second kappa shape index (κ2) is 8.32. The minimum Gasteiger partial charge on any atom is -0.335 e. The summed E-state index contributed by atoms with van der Waals surface area (Å²) in [6.07, 6.45) is 0.824. The van der Waals surface area contributed by atoms with Crippen molar-refractivity contribution >= 4 is 11.9 Å². The summed E-state index contributed by atoms with van der Waals surface area (Å²) in [5.74, 6) is -0.339. The number of carbonyl (C=O) groups excluding carboxylic acids is 2. The van der Waals surface area contributed by atoms with Gasteiger partial charge in [0, 0.05) is 12.1 Å². The summed E-state index contributed by atoms with van der Waals surface area (Å²) in [7, 11) is 0. The monoisotopic (exact) mass is 277 g/mol. The molecule has 110 valence electrons. The van der Waals surface area contributed by atoms with Crippen molar-refractivity contribution in [3.8, 4) is 0 Å². The van der Waals surface area contributed by atoms with Crippen molar-refractivity contribution in [3.63, 3.8) is 0 Å². The maximum absolute atomic E-state index is 11.6. The van der Waals surface area contributed by atoms with Crippen molar-refractivity contribution < 1.29 is 9.59 Å². The molecule has 1 rings (SSSR count).